The summed E-state index contributed by atoms with van der Waals surface area (Å²) in [6.45, 7) is 2.91. The highest BCUT2D eigenvalue weighted by Gasteiger charge is 2.18. The first-order valence-electron chi connectivity index (χ1n) is 7.14. The lowest BCUT2D eigenvalue weighted by Gasteiger charge is -2.27. The van der Waals surface area contributed by atoms with Crippen molar-refractivity contribution < 1.29 is 0 Å². The van der Waals surface area contributed by atoms with Crippen LogP contribution >= 0.6 is 12.2 Å². The monoisotopic (exact) mass is 296 g/mol. The number of nitrogens with zero attached hydrogens (tertiary/aromatic N) is 2. The Hall–Kier alpha value is -1.98. The summed E-state index contributed by atoms with van der Waals surface area (Å²) >= 11 is 5.13. The van der Waals surface area contributed by atoms with E-state index in [0.29, 0.717) is 4.77 Å². The maximum Gasteiger partial charge on any atom is 0.196 e. The van der Waals surface area contributed by atoms with E-state index in [1.54, 1.807) is 0 Å². The van der Waals surface area contributed by atoms with E-state index in [1.165, 1.54) is 27.7 Å². The first kappa shape index (κ1) is 12.7. The molecule has 2 aromatic heterocycles. The highest BCUT2D eigenvalue weighted by Crippen LogP contribution is 2.22. The number of benzene rings is 1. The van der Waals surface area contributed by atoms with Gasteiger partial charge in [0.25, 0.3) is 0 Å². The second kappa shape index (κ2) is 5.09. The molecule has 1 aliphatic heterocycles. The zero-order chi connectivity index (χ0) is 14.2. The fourth-order valence-corrected chi connectivity index (χ4v) is 3.21. The van der Waals surface area contributed by atoms with Crippen LogP contribution in [0, 0.1) is 4.77 Å². The van der Waals surface area contributed by atoms with Crippen LogP contribution in [0.4, 0.5) is 0 Å². The molecule has 4 rings (SSSR count). The molecule has 2 N–H and O–H groups in total. The lowest BCUT2D eigenvalue weighted by Crippen LogP contribution is -2.30. The average molecular weight is 296 g/mol. The Balaban J connectivity index is 1.60. The van der Waals surface area contributed by atoms with Crippen LogP contribution < -0.4 is 0 Å². The van der Waals surface area contributed by atoms with Crippen molar-refractivity contribution in [3.05, 3.63) is 58.3 Å². The lowest BCUT2D eigenvalue weighted by atomic mass is 10.1. The number of hydrogen-bond acceptors (Lipinski definition) is 3. The van der Waals surface area contributed by atoms with Crippen LogP contribution in [0.2, 0.25) is 0 Å². The number of nitrogens with one attached hydrogen (secondary N) is 2. The van der Waals surface area contributed by atoms with Crippen molar-refractivity contribution >= 4 is 23.1 Å². The zero-order valence-electron chi connectivity index (χ0n) is 11.6. The van der Waals surface area contributed by atoms with Crippen molar-refractivity contribution in [1.82, 2.24) is 19.9 Å². The maximum atomic E-state index is 5.13. The minimum atomic E-state index is 0.572. The van der Waals surface area contributed by atoms with Gasteiger partial charge >= 0.3 is 0 Å². The van der Waals surface area contributed by atoms with Gasteiger partial charge in [-0.25, -0.2) is 4.98 Å². The van der Waals surface area contributed by atoms with Crippen molar-refractivity contribution in [3.8, 4) is 0 Å². The van der Waals surface area contributed by atoms with Gasteiger partial charge in [0.2, 0.25) is 0 Å². The van der Waals surface area contributed by atoms with Gasteiger partial charge in [-0.3, -0.25) is 4.90 Å². The lowest BCUT2D eigenvalue weighted by molar-refractivity contribution is 0.242. The van der Waals surface area contributed by atoms with Gasteiger partial charge in [0, 0.05) is 48.6 Å². The topological polar surface area (TPSA) is 47.7 Å². The van der Waals surface area contributed by atoms with E-state index in [2.05, 4.69) is 50.3 Å². The molecule has 3 heterocycles. The largest absolute Gasteiger partial charge is 0.361 e. The van der Waals surface area contributed by atoms with Crippen molar-refractivity contribution in [3.63, 3.8) is 0 Å². The van der Waals surface area contributed by atoms with E-state index in [0.717, 1.165) is 26.1 Å². The molecule has 0 atom stereocenters. The number of para-hydroxylation sites is 1. The number of H-pyrrole nitrogens is 2. The predicted octanol–water partition coefficient (Wildman–Crippen LogP) is 3.18. The Bertz CT molecular complexity index is 849. The smallest absolute Gasteiger partial charge is 0.196 e. The Morgan fingerprint density at radius 3 is 3.14 bits per heavy atom. The maximum absolute atomic E-state index is 5.13. The summed E-state index contributed by atoms with van der Waals surface area (Å²) in [6, 6.07) is 8.45. The van der Waals surface area contributed by atoms with Gasteiger partial charge in [0.05, 0.1) is 0 Å². The molecule has 21 heavy (non-hydrogen) atoms. The van der Waals surface area contributed by atoms with Crippen LogP contribution in [0.5, 0.6) is 0 Å². The van der Waals surface area contributed by atoms with Gasteiger partial charge in [-0.15, -0.1) is 0 Å². The van der Waals surface area contributed by atoms with Crippen LogP contribution in [0.3, 0.4) is 0 Å². The molecule has 0 fully saturated rings. The summed E-state index contributed by atoms with van der Waals surface area (Å²) in [5.41, 5.74) is 5.05. The predicted molar refractivity (Wildman–Crippen MR) is 85.5 cm³/mol. The van der Waals surface area contributed by atoms with Gasteiger partial charge in [0.1, 0.15) is 0 Å². The fraction of sp³-hybridized carbons (Fsp3) is 0.250. The average Bonchev–Trinajstić information content (AvgIpc) is 2.90. The van der Waals surface area contributed by atoms with Gasteiger partial charge in [-0.05, 0) is 35.8 Å². The van der Waals surface area contributed by atoms with Gasteiger partial charge in [-0.1, -0.05) is 18.2 Å². The van der Waals surface area contributed by atoms with Gasteiger partial charge < -0.3 is 9.97 Å². The third-order valence-corrected chi connectivity index (χ3v) is 4.34. The Kier molecular flexibility index (Phi) is 3.09. The minimum Gasteiger partial charge on any atom is -0.361 e. The summed E-state index contributed by atoms with van der Waals surface area (Å²) < 4.78 is 0.572. The molecule has 4 nitrogen and oxygen atoms in total. The Morgan fingerprint density at radius 1 is 1.29 bits per heavy atom. The van der Waals surface area contributed by atoms with Crippen LogP contribution in [0.1, 0.15) is 16.8 Å². The molecule has 1 aliphatic rings. The van der Waals surface area contributed by atoms with Crippen molar-refractivity contribution in [2.75, 3.05) is 6.54 Å². The SMILES string of the molecule is S=c1ncc2c([nH]1)CN(Cc1c[nH]c3ccccc13)CC2. The first-order valence-corrected chi connectivity index (χ1v) is 7.55. The quantitative estimate of drug-likeness (QED) is 0.714. The molecule has 0 amide bonds. The molecule has 5 heteroatoms. The minimum absolute atomic E-state index is 0.572. The van der Waals surface area contributed by atoms with E-state index in [-0.39, 0.29) is 0 Å². The molecule has 0 aliphatic carbocycles. The van der Waals surface area contributed by atoms with Crippen LogP contribution in [-0.2, 0) is 19.5 Å². The third-order valence-electron chi connectivity index (χ3n) is 4.13. The highest BCUT2D eigenvalue weighted by molar-refractivity contribution is 7.71. The first-order chi connectivity index (χ1) is 10.3. The van der Waals surface area contributed by atoms with E-state index in [1.807, 2.05) is 6.20 Å². The summed E-state index contributed by atoms with van der Waals surface area (Å²) in [5, 5.41) is 1.31. The van der Waals surface area contributed by atoms with Crippen LogP contribution in [0.15, 0.2) is 36.7 Å². The molecule has 0 saturated carbocycles. The normalized spacial score (nSPS) is 15.2. The second-order valence-corrected chi connectivity index (χ2v) is 5.90. The van der Waals surface area contributed by atoms with Crippen molar-refractivity contribution in [2.45, 2.75) is 19.5 Å². The van der Waals surface area contributed by atoms with Gasteiger partial charge in [-0.2, -0.15) is 0 Å². The molecule has 0 saturated heterocycles. The molecular formula is C16H16N4S. The van der Waals surface area contributed by atoms with E-state index >= 15 is 0 Å². The molecule has 3 aromatic rings. The van der Waals surface area contributed by atoms with Crippen LogP contribution in [0.25, 0.3) is 10.9 Å². The summed E-state index contributed by atoms with van der Waals surface area (Å²) in [4.78, 5) is 13.2. The number of aromatic amines is 2. The van der Waals surface area contributed by atoms with Crippen LogP contribution in [-0.4, -0.2) is 26.4 Å². The molecule has 0 bridgehead atoms. The summed E-state index contributed by atoms with van der Waals surface area (Å²) in [5.74, 6) is 0. The van der Waals surface area contributed by atoms with Crippen molar-refractivity contribution in [1.29, 1.82) is 0 Å². The summed E-state index contributed by atoms with van der Waals surface area (Å²) in [7, 11) is 0. The molecule has 0 radical (unpaired) electrons. The number of hydrogen-bond donors (Lipinski definition) is 2. The number of aromatic nitrogens is 3. The van der Waals surface area contributed by atoms with Gasteiger partial charge in [0.15, 0.2) is 4.77 Å². The summed E-state index contributed by atoms with van der Waals surface area (Å²) in [6.07, 6.45) is 5.06. The van der Waals surface area contributed by atoms with E-state index < -0.39 is 0 Å². The Labute approximate surface area is 127 Å². The molecule has 0 spiro atoms. The highest BCUT2D eigenvalue weighted by atomic mass is 32.1. The second-order valence-electron chi connectivity index (χ2n) is 5.51. The zero-order valence-corrected chi connectivity index (χ0v) is 12.4. The molecular weight excluding hydrogens is 280 g/mol. The molecule has 106 valence electrons. The number of rotatable bonds is 2. The molecule has 1 aromatic carbocycles. The number of fused-ring (bicyclic) bond motifs is 2. The van der Waals surface area contributed by atoms with Crippen molar-refractivity contribution in [2.24, 2.45) is 0 Å². The standard InChI is InChI=1S/C16H16N4S/c21-16-18-7-11-5-6-20(10-15(11)19-16)9-12-8-17-14-4-2-1-3-13(12)14/h1-4,7-8,17H,5-6,9-10H2,(H,18,19,21). The molecule has 0 unspecified atom stereocenters. The van der Waals surface area contributed by atoms with E-state index in [9.17, 15) is 0 Å². The third kappa shape index (κ3) is 2.39. The fourth-order valence-electron chi connectivity index (χ4n) is 3.03. The van der Waals surface area contributed by atoms with E-state index in [4.69, 9.17) is 12.2 Å². The Morgan fingerprint density at radius 2 is 2.19 bits per heavy atom.